The Morgan fingerprint density at radius 3 is 2.46 bits per heavy atom. The number of rotatable bonds is 7. The SMILES string of the molecule is C=CCN(CCC(N)CC)C(C)C. The maximum absolute atomic E-state index is 5.87. The van der Waals surface area contributed by atoms with Gasteiger partial charge in [0.2, 0.25) is 0 Å². The molecule has 0 aromatic rings. The van der Waals surface area contributed by atoms with E-state index in [4.69, 9.17) is 5.73 Å². The van der Waals surface area contributed by atoms with Crippen LogP contribution < -0.4 is 5.73 Å². The Bertz CT molecular complexity index is 132. The predicted octanol–water partition coefficient (Wildman–Crippen LogP) is 2.01. The van der Waals surface area contributed by atoms with Crippen molar-refractivity contribution in [2.75, 3.05) is 13.1 Å². The molecule has 0 saturated heterocycles. The maximum Gasteiger partial charge on any atom is 0.0163 e. The molecule has 1 atom stereocenters. The average molecular weight is 184 g/mol. The van der Waals surface area contributed by atoms with E-state index in [2.05, 4.69) is 32.3 Å². The van der Waals surface area contributed by atoms with Crippen LogP contribution in [0, 0.1) is 0 Å². The van der Waals surface area contributed by atoms with Gasteiger partial charge >= 0.3 is 0 Å². The van der Waals surface area contributed by atoms with Crippen LogP contribution in [0.5, 0.6) is 0 Å². The van der Waals surface area contributed by atoms with Gasteiger partial charge in [0.15, 0.2) is 0 Å². The smallest absolute Gasteiger partial charge is 0.0163 e. The van der Waals surface area contributed by atoms with Crippen molar-refractivity contribution >= 4 is 0 Å². The third kappa shape index (κ3) is 5.83. The van der Waals surface area contributed by atoms with Gasteiger partial charge in [0.1, 0.15) is 0 Å². The Kier molecular flexibility index (Phi) is 6.92. The molecule has 0 fully saturated rings. The molecule has 0 aromatic carbocycles. The van der Waals surface area contributed by atoms with Crippen molar-refractivity contribution in [2.45, 2.75) is 45.7 Å². The third-order valence-corrected chi connectivity index (χ3v) is 2.41. The van der Waals surface area contributed by atoms with Crippen molar-refractivity contribution in [3.63, 3.8) is 0 Å². The first kappa shape index (κ1) is 12.7. The van der Waals surface area contributed by atoms with E-state index in [1.807, 2.05) is 6.08 Å². The molecule has 0 aliphatic heterocycles. The van der Waals surface area contributed by atoms with Gasteiger partial charge < -0.3 is 5.73 Å². The summed E-state index contributed by atoms with van der Waals surface area (Å²) in [4.78, 5) is 2.39. The van der Waals surface area contributed by atoms with E-state index < -0.39 is 0 Å². The van der Waals surface area contributed by atoms with Crippen LogP contribution in [0.4, 0.5) is 0 Å². The van der Waals surface area contributed by atoms with Crippen molar-refractivity contribution in [1.29, 1.82) is 0 Å². The quantitative estimate of drug-likeness (QED) is 0.613. The minimum atomic E-state index is 0.353. The molecule has 2 N–H and O–H groups in total. The fourth-order valence-corrected chi connectivity index (χ4v) is 1.26. The summed E-state index contributed by atoms with van der Waals surface area (Å²) in [6.07, 6.45) is 4.11. The highest BCUT2D eigenvalue weighted by atomic mass is 15.1. The normalized spacial score (nSPS) is 13.7. The lowest BCUT2D eigenvalue weighted by Gasteiger charge is -2.26. The van der Waals surface area contributed by atoms with Gasteiger partial charge in [-0.25, -0.2) is 0 Å². The lowest BCUT2D eigenvalue weighted by Crippen LogP contribution is -2.35. The summed E-state index contributed by atoms with van der Waals surface area (Å²) in [5.74, 6) is 0. The number of hydrogen-bond donors (Lipinski definition) is 1. The first-order valence-corrected chi connectivity index (χ1v) is 5.22. The first-order chi connectivity index (χ1) is 6.11. The highest BCUT2D eigenvalue weighted by Gasteiger charge is 2.08. The van der Waals surface area contributed by atoms with Crippen molar-refractivity contribution < 1.29 is 0 Å². The minimum absolute atomic E-state index is 0.353. The van der Waals surface area contributed by atoms with E-state index in [0.717, 1.165) is 25.9 Å². The Morgan fingerprint density at radius 2 is 2.08 bits per heavy atom. The van der Waals surface area contributed by atoms with E-state index in [-0.39, 0.29) is 0 Å². The predicted molar refractivity (Wildman–Crippen MR) is 59.8 cm³/mol. The Hall–Kier alpha value is -0.340. The Balaban J connectivity index is 3.74. The molecule has 0 amide bonds. The molecule has 0 rings (SSSR count). The number of hydrogen-bond acceptors (Lipinski definition) is 2. The van der Waals surface area contributed by atoms with Crippen molar-refractivity contribution in [3.05, 3.63) is 12.7 Å². The van der Waals surface area contributed by atoms with Crippen LogP contribution in [0.1, 0.15) is 33.6 Å². The Morgan fingerprint density at radius 1 is 1.46 bits per heavy atom. The molecule has 1 unspecified atom stereocenters. The largest absolute Gasteiger partial charge is 0.328 e. The van der Waals surface area contributed by atoms with Crippen LogP contribution >= 0.6 is 0 Å². The third-order valence-electron chi connectivity index (χ3n) is 2.41. The van der Waals surface area contributed by atoms with Crippen LogP contribution in [-0.2, 0) is 0 Å². The van der Waals surface area contributed by atoms with Crippen LogP contribution in [0.2, 0.25) is 0 Å². The molecular formula is C11H24N2. The Labute approximate surface area is 82.8 Å². The van der Waals surface area contributed by atoms with E-state index in [1.54, 1.807) is 0 Å². The van der Waals surface area contributed by atoms with Crippen LogP contribution in [0.15, 0.2) is 12.7 Å². The van der Waals surface area contributed by atoms with Gasteiger partial charge in [-0.1, -0.05) is 13.0 Å². The van der Waals surface area contributed by atoms with E-state index in [1.165, 1.54) is 0 Å². The molecule has 0 aliphatic carbocycles. The van der Waals surface area contributed by atoms with Gasteiger partial charge in [0, 0.05) is 25.2 Å². The summed E-state index contributed by atoms with van der Waals surface area (Å²) in [5.41, 5.74) is 5.87. The highest BCUT2D eigenvalue weighted by Crippen LogP contribution is 2.02. The van der Waals surface area contributed by atoms with Crippen LogP contribution in [0.25, 0.3) is 0 Å². The molecular weight excluding hydrogens is 160 g/mol. The second-order valence-electron chi connectivity index (χ2n) is 3.83. The molecule has 2 heteroatoms. The standard InChI is InChI=1S/C11H24N2/c1-5-8-13(10(3)4)9-7-11(12)6-2/h5,10-11H,1,6-9,12H2,2-4H3. The lowest BCUT2D eigenvalue weighted by atomic mass is 10.1. The molecule has 2 nitrogen and oxygen atoms in total. The second kappa shape index (κ2) is 7.10. The maximum atomic E-state index is 5.87. The lowest BCUT2D eigenvalue weighted by molar-refractivity contribution is 0.236. The fourth-order valence-electron chi connectivity index (χ4n) is 1.26. The second-order valence-corrected chi connectivity index (χ2v) is 3.83. The average Bonchev–Trinajstić information content (AvgIpc) is 2.11. The molecule has 0 spiro atoms. The van der Waals surface area contributed by atoms with Gasteiger partial charge in [0.25, 0.3) is 0 Å². The summed E-state index contributed by atoms with van der Waals surface area (Å²) in [6, 6.07) is 0.938. The minimum Gasteiger partial charge on any atom is -0.328 e. The molecule has 0 saturated carbocycles. The summed E-state index contributed by atoms with van der Waals surface area (Å²) < 4.78 is 0. The molecule has 0 heterocycles. The summed E-state index contributed by atoms with van der Waals surface area (Å²) >= 11 is 0. The molecule has 0 bridgehead atoms. The highest BCUT2D eigenvalue weighted by molar-refractivity contribution is 4.76. The topological polar surface area (TPSA) is 29.3 Å². The van der Waals surface area contributed by atoms with Crippen LogP contribution in [-0.4, -0.2) is 30.1 Å². The summed E-state index contributed by atoms with van der Waals surface area (Å²) in [6.45, 7) is 12.4. The summed E-state index contributed by atoms with van der Waals surface area (Å²) in [7, 11) is 0. The molecule has 0 aliphatic rings. The number of nitrogens with two attached hydrogens (primary N) is 1. The van der Waals surface area contributed by atoms with Gasteiger partial charge in [-0.15, -0.1) is 6.58 Å². The van der Waals surface area contributed by atoms with Crippen molar-refractivity contribution in [2.24, 2.45) is 5.73 Å². The van der Waals surface area contributed by atoms with Gasteiger partial charge in [-0.2, -0.15) is 0 Å². The fraction of sp³-hybridized carbons (Fsp3) is 0.818. The van der Waals surface area contributed by atoms with Crippen molar-refractivity contribution in [1.82, 2.24) is 4.90 Å². The number of nitrogens with zero attached hydrogens (tertiary/aromatic N) is 1. The zero-order chi connectivity index (χ0) is 10.3. The molecule has 13 heavy (non-hydrogen) atoms. The van der Waals surface area contributed by atoms with Crippen LogP contribution in [0.3, 0.4) is 0 Å². The van der Waals surface area contributed by atoms with Crippen molar-refractivity contribution in [3.8, 4) is 0 Å². The zero-order valence-corrected chi connectivity index (χ0v) is 9.29. The molecule has 0 radical (unpaired) electrons. The first-order valence-electron chi connectivity index (χ1n) is 5.22. The van der Waals surface area contributed by atoms with Gasteiger partial charge in [-0.05, 0) is 26.7 Å². The summed E-state index contributed by atoms with van der Waals surface area (Å²) in [5, 5.41) is 0. The van der Waals surface area contributed by atoms with E-state index in [0.29, 0.717) is 12.1 Å². The van der Waals surface area contributed by atoms with Gasteiger partial charge in [-0.3, -0.25) is 4.90 Å². The monoisotopic (exact) mass is 184 g/mol. The van der Waals surface area contributed by atoms with Gasteiger partial charge in [0.05, 0.1) is 0 Å². The molecule has 78 valence electrons. The zero-order valence-electron chi connectivity index (χ0n) is 9.29. The van der Waals surface area contributed by atoms with E-state index >= 15 is 0 Å². The molecule has 0 aromatic heterocycles. The van der Waals surface area contributed by atoms with E-state index in [9.17, 15) is 0 Å².